The van der Waals surface area contributed by atoms with E-state index in [9.17, 15) is 4.79 Å². The molecule has 1 unspecified atom stereocenters. The summed E-state index contributed by atoms with van der Waals surface area (Å²) in [4.78, 5) is 15.4. The summed E-state index contributed by atoms with van der Waals surface area (Å²) in [6.45, 7) is 5.33. The molecule has 0 bridgehead atoms. The van der Waals surface area contributed by atoms with Gasteiger partial charge in [0.05, 0.1) is 12.7 Å². The first-order valence-corrected chi connectivity index (χ1v) is 10.7. The molecule has 5 rings (SSSR count). The lowest BCUT2D eigenvalue weighted by Crippen LogP contribution is -2.34. The summed E-state index contributed by atoms with van der Waals surface area (Å²) in [7, 11) is 1.63. The topological polar surface area (TPSA) is 48.0 Å². The number of nitrogens with zero attached hydrogens (tertiary/aromatic N) is 1. The molecule has 0 spiro atoms. The van der Waals surface area contributed by atoms with Gasteiger partial charge in [-0.15, -0.1) is 0 Å². The van der Waals surface area contributed by atoms with Crippen LogP contribution in [0.25, 0.3) is 6.08 Å². The van der Waals surface area contributed by atoms with Gasteiger partial charge in [0.15, 0.2) is 5.76 Å². The molecule has 5 heteroatoms. The summed E-state index contributed by atoms with van der Waals surface area (Å²) in [5, 5.41) is 0. The molecule has 3 aromatic rings. The Labute approximate surface area is 187 Å². The molecular weight excluding hydrogens is 402 g/mol. The SMILES string of the molecule is COc1ccc(/C=C2\Oc3c(cc4c(c3C)OCN(C(C)c3ccccc3)C4)C2=O)cc1. The average Bonchev–Trinajstić information content (AvgIpc) is 3.15. The minimum absolute atomic E-state index is 0.102. The summed E-state index contributed by atoms with van der Waals surface area (Å²) in [6, 6.07) is 20.0. The standard InChI is InChI=1S/C27H25NO4/c1-17-26-21(15-28(16-31-26)18(2)20-7-5-4-6-8-20)14-23-25(29)24(32-27(17)23)13-19-9-11-22(30-3)12-10-19/h4-14,18H,15-16H2,1-3H3/b24-13-. The third kappa shape index (κ3) is 3.55. The highest BCUT2D eigenvalue weighted by atomic mass is 16.5. The summed E-state index contributed by atoms with van der Waals surface area (Å²) in [6.07, 6.45) is 1.77. The zero-order chi connectivity index (χ0) is 22.2. The summed E-state index contributed by atoms with van der Waals surface area (Å²) < 4.78 is 17.4. The largest absolute Gasteiger partial charge is 0.497 e. The molecule has 3 aromatic carbocycles. The number of ether oxygens (including phenoxy) is 3. The second-order valence-corrected chi connectivity index (χ2v) is 8.19. The fourth-order valence-corrected chi connectivity index (χ4v) is 4.31. The number of carbonyl (C=O) groups excluding carboxylic acids is 1. The van der Waals surface area contributed by atoms with Crippen LogP contribution in [0, 0.1) is 6.92 Å². The van der Waals surface area contributed by atoms with Crippen molar-refractivity contribution in [1.29, 1.82) is 0 Å². The predicted molar refractivity (Wildman–Crippen MR) is 123 cm³/mol. The maximum absolute atomic E-state index is 13.1. The molecule has 0 aliphatic carbocycles. The molecule has 0 radical (unpaired) electrons. The minimum atomic E-state index is -0.102. The quantitative estimate of drug-likeness (QED) is 0.512. The van der Waals surface area contributed by atoms with Crippen LogP contribution in [0.1, 0.15) is 45.6 Å². The highest BCUT2D eigenvalue weighted by Gasteiger charge is 2.34. The van der Waals surface area contributed by atoms with Gasteiger partial charge in [0.1, 0.15) is 24.0 Å². The van der Waals surface area contributed by atoms with Crippen molar-refractivity contribution in [1.82, 2.24) is 4.90 Å². The van der Waals surface area contributed by atoms with Crippen LogP contribution in [-0.4, -0.2) is 24.5 Å². The summed E-state index contributed by atoms with van der Waals surface area (Å²) in [5.74, 6) is 2.40. The smallest absolute Gasteiger partial charge is 0.231 e. The fourth-order valence-electron chi connectivity index (χ4n) is 4.31. The molecule has 0 saturated carbocycles. The molecular formula is C27H25NO4. The molecule has 2 heterocycles. The number of fused-ring (bicyclic) bond motifs is 2. The van der Waals surface area contributed by atoms with Gasteiger partial charge in [-0.1, -0.05) is 42.5 Å². The van der Waals surface area contributed by atoms with E-state index in [-0.39, 0.29) is 11.8 Å². The summed E-state index contributed by atoms with van der Waals surface area (Å²) >= 11 is 0. The van der Waals surface area contributed by atoms with E-state index in [1.165, 1.54) is 5.56 Å². The number of carbonyl (C=O) groups is 1. The Morgan fingerprint density at radius 1 is 1.06 bits per heavy atom. The van der Waals surface area contributed by atoms with Crippen molar-refractivity contribution in [2.75, 3.05) is 13.8 Å². The maximum Gasteiger partial charge on any atom is 0.231 e. The van der Waals surface area contributed by atoms with Crippen LogP contribution in [0.15, 0.2) is 66.4 Å². The van der Waals surface area contributed by atoms with Gasteiger partial charge in [0, 0.05) is 23.7 Å². The zero-order valence-corrected chi connectivity index (χ0v) is 18.4. The number of hydrogen-bond donors (Lipinski definition) is 0. The lowest BCUT2D eigenvalue weighted by molar-refractivity contribution is 0.0609. The molecule has 0 N–H and O–H groups in total. The Kier molecular flexibility index (Phi) is 5.19. The van der Waals surface area contributed by atoms with Gasteiger partial charge in [0.25, 0.3) is 0 Å². The van der Waals surface area contributed by atoms with Crippen molar-refractivity contribution in [2.45, 2.75) is 26.4 Å². The molecule has 32 heavy (non-hydrogen) atoms. The third-order valence-electron chi connectivity index (χ3n) is 6.21. The van der Waals surface area contributed by atoms with E-state index in [4.69, 9.17) is 14.2 Å². The second kappa shape index (κ2) is 8.17. The van der Waals surface area contributed by atoms with Crippen LogP contribution < -0.4 is 14.2 Å². The number of allylic oxidation sites excluding steroid dienone is 1. The predicted octanol–water partition coefficient (Wildman–Crippen LogP) is 5.53. The van der Waals surface area contributed by atoms with Crippen molar-refractivity contribution in [3.8, 4) is 17.2 Å². The third-order valence-corrected chi connectivity index (χ3v) is 6.21. The van der Waals surface area contributed by atoms with E-state index in [2.05, 4.69) is 24.0 Å². The first kappa shape index (κ1) is 20.3. The van der Waals surface area contributed by atoms with Crippen molar-refractivity contribution in [3.63, 3.8) is 0 Å². The molecule has 0 saturated heterocycles. The van der Waals surface area contributed by atoms with E-state index in [0.29, 0.717) is 30.3 Å². The van der Waals surface area contributed by atoms with E-state index in [1.807, 2.05) is 55.5 Å². The highest BCUT2D eigenvalue weighted by molar-refractivity contribution is 6.15. The molecule has 2 aliphatic heterocycles. The Hall–Kier alpha value is -3.57. The molecule has 0 fully saturated rings. The number of benzene rings is 3. The Morgan fingerprint density at radius 3 is 2.53 bits per heavy atom. The monoisotopic (exact) mass is 427 g/mol. The maximum atomic E-state index is 13.1. The van der Waals surface area contributed by atoms with Crippen molar-refractivity contribution >= 4 is 11.9 Å². The lowest BCUT2D eigenvalue weighted by Gasteiger charge is -2.34. The Balaban J connectivity index is 1.43. The molecule has 0 aromatic heterocycles. The summed E-state index contributed by atoms with van der Waals surface area (Å²) in [5.41, 5.74) is 4.60. The van der Waals surface area contributed by atoms with Gasteiger partial charge in [-0.2, -0.15) is 0 Å². The van der Waals surface area contributed by atoms with E-state index >= 15 is 0 Å². The first-order valence-electron chi connectivity index (χ1n) is 10.7. The minimum Gasteiger partial charge on any atom is -0.497 e. The number of ketones is 1. The van der Waals surface area contributed by atoms with Crippen molar-refractivity contribution < 1.29 is 19.0 Å². The van der Waals surface area contributed by atoms with Gasteiger partial charge in [-0.05, 0) is 49.2 Å². The molecule has 1 atom stereocenters. The normalized spacial score (nSPS) is 17.3. The molecule has 2 aliphatic rings. The van der Waals surface area contributed by atoms with Gasteiger partial charge in [-0.3, -0.25) is 9.69 Å². The first-order chi connectivity index (χ1) is 15.5. The molecule has 162 valence electrons. The van der Waals surface area contributed by atoms with Crippen molar-refractivity contribution in [3.05, 3.63) is 94.2 Å². The lowest BCUT2D eigenvalue weighted by atomic mass is 9.99. The highest BCUT2D eigenvalue weighted by Crippen LogP contribution is 2.44. The van der Waals surface area contributed by atoms with Crippen molar-refractivity contribution in [2.24, 2.45) is 0 Å². The van der Waals surface area contributed by atoms with Gasteiger partial charge < -0.3 is 14.2 Å². The molecule has 0 amide bonds. The van der Waals surface area contributed by atoms with E-state index < -0.39 is 0 Å². The van der Waals surface area contributed by atoms with Gasteiger partial charge in [-0.25, -0.2) is 0 Å². The number of Topliss-reactive ketones (excluding diaryl/α,β-unsaturated/α-hetero) is 1. The van der Waals surface area contributed by atoms with Gasteiger partial charge in [0.2, 0.25) is 5.78 Å². The number of methoxy groups -OCH3 is 1. The number of rotatable bonds is 4. The van der Waals surface area contributed by atoms with Crippen LogP contribution in [-0.2, 0) is 6.54 Å². The second-order valence-electron chi connectivity index (χ2n) is 8.19. The average molecular weight is 428 g/mol. The van der Waals surface area contributed by atoms with Crippen LogP contribution in [0.5, 0.6) is 17.2 Å². The van der Waals surface area contributed by atoms with E-state index in [0.717, 1.165) is 28.2 Å². The fraction of sp³-hybridized carbons (Fsp3) is 0.222. The zero-order valence-electron chi connectivity index (χ0n) is 18.4. The van der Waals surface area contributed by atoms with Crippen LogP contribution in [0.3, 0.4) is 0 Å². The number of hydrogen-bond acceptors (Lipinski definition) is 5. The van der Waals surface area contributed by atoms with E-state index in [1.54, 1.807) is 13.2 Å². The van der Waals surface area contributed by atoms with Crippen LogP contribution in [0.4, 0.5) is 0 Å². The van der Waals surface area contributed by atoms with Crippen LogP contribution in [0.2, 0.25) is 0 Å². The Bertz CT molecular complexity index is 1200. The Morgan fingerprint density at radius 2 is 1.81 bits per heavy atom. The van der Waals surface area contributed by atoms with Crippen LogP contribution >= 0.6 is 0 Å². The molecule has 5 nitrogen and oxygen atoms in total. The van der Waals surface area contributed by atoms with Gasteiger partial charge >= 0.3 is 0 Å².